The number of aliphatic hydroxyl groups excluding tert-OH is 1. The van der Waals surface area contributed by atoms with Crippen molar-refractivity contribution in [3.05, 3.63) is 50.6 Å². The Balaban J connectivity index is 3.51. The van der Waals surface area contributed by atoms with Crippen molar-refractivity contribution in [2.75, 3.05) is 7.05 Å². The van der Waals surface area contributed by atoms with Gasteiger partial charge in [-0.1, -0.05) is 41.0 Å². The second-order valence-electron chi connectivity index (χ2n) is 4.47. The third-order valence-corrected chi connectivity index (χ3v) is 5.28. The van der Waals surface area contributed by atoms with Gasteiger partial charge in [0.2, 0.25) is 0 Å². The molecule has 0 bridgehead atoms. The summed E-state index contributed by atoms with van der Waals surface area (Å²) in [5, 5.41) is 5.87. The molecule has 25 heavy (non-hydrogen) atoms. The topological polar surface area (TPSA) is 75.7 Å². The Hall–Kier alpha value is -1.12. The maximum Gasteiger partial charge on any atom is 0.364 e. The molecule has 0 saturated heterocycles. The van der Waals surface area contributed by atoms with Gasteiger partial charge in [-0.3, -0.25) is 9.79 Å². The van der Waals surface area contributed by atoms with Crippen molar-refractivity contribution in [2.45, 2.75) is 16.8 Å². The predicted octanol–water partition coefficient (Wildman–Crippen LogP) is 4.97. The molecular formula is C15H13Cl3F2N2O2S. The van der Waals surface area contributed by atoms with Crippen LogP contribution in [0.3, 0.4) is 0 Å². The maximum absolute atomic E-state index is 13.4. The molecule has 0 amide bonds. The van der Waals surface area contributed by atoms with Gasteiger partial charge in [-0.15, -0.1) is 0 Å². The molecule has 4 nitrogen and oxygen atoms in total. The van der Waals surface area contributed by atoms with E-state index in [-0.39, 0.29) is 38.2 Å². The number of nitrogens with two attached hydrogens (primary N) is 1. The number of halogens is 5. The Kier molecular flexibility index (Phi) is 8.37. The number of thioether (sulfide) groups is 1. The molecular weight excluding hydrogens is 417 g/mol. The number of hydrogen-bond donors (Lipinski definition) is 2. The van der Waals surface area contributed by atoms with Crippen molar-refractivity contribution in [2.24, 2.45) is 10.7 Å². The summed E-state index contributed by atoms with van der Waals surface area (Å²) >= 11 is 18.1. The van der Waals surface area contributed by atoms with E-state index in [1.54, 1.807) is 6.07 Å². The van der Waals surface area contributed by atoms with Crippen molar-refractivity contribution in [1.29, 1.82) is 0 Å². The molecule has 0 fully saturated rings. The summed E-state index contributed by atoms with van der Waals surface area (Å²) in [5.41, 5.74) is 5.06. The first-order valence-corrected chi connectivity index (χ1v) is 8.55. The highest BCUT2D eigenvalue weighted by atomic mass is 35.5. The molecule has 0 atom stereocenters. The summed E-state index contributed by atoms with van der Waals surface area (Å²) in [6.07, 6.45) is 1.63. The van der Waals surface area contributed by atoms with Crippen LogP contribution < -0.4 is 5.73 Å². The van der Waals surface area contributed by atoms with Gasteiger partial charge in [-0.05, 0) is 29.3 Å². The largest absolute Gasteiger partial charge is 0.515 e. The Labute approximate surface area is 162 Å². The number of rotatable bonds is 7. The van der Waals surface area contributed by atoms with Crippen LogP contribution in [0.2, 0.25) is 10.0 Å². The molecule has 0 radical (unpaired) electrons. The van der Waals surface area contributed by atoms with Gasteiger partial charge in [-0.25, -0.2) is 0 Å². The van der Waals surface area contributed by atoms with Crippen LogP contribution in [0, 0.1) is 0 Å². The second-order valence-corrected chi connectivity index (χ2v) is 6.79. The maximum atomic E-state index is 13.4. The molecule has 0 aliphatic heterocycles. The van der Waals surface area contributed by atoms with Gasteiger partial charge >= 0.3 is 5.38 Å². The fourth-order valence-electron chi connectivity index (χ4n) is 1.66. The molecule has 3 N–H and O–H groups in total. The van der Waals surface area contributed by atoms with Gasteiger partial charge in [-0.2, -0.15) is 8.78 Å². The highest BCUT2D eigenvalue weighted by molar-refractivity contribution is 8.03. The first kappa shape index (κ1) is 21.9. The van der Waals surface area contributed by atoms with E-state index in [1.165, 1.54) is 6.07 Å². The van der Waals surface area contributed by atoms with E-state index in [0.29, 0.717) is 11.8 Å². The number of aldehydes is 1. The van der Waals surface area contributed by atoms with Crippen LogP contribution in [0.25, 0.3) is 0 Å². The fourth-order valence-corrected chi connectivity index (χ4v) is 3.47. The molecule has 136 valence electrons. The summed E-state index contributed by atoms with van der Waals surface area (Å²) in [6, 6.07) is 3.15. The Morgan fingerprint density at radius 2 is 2.08 bits per heavy atom. The lowest BCUT2D eigenvalue weighted by Crippen LogP contribution is -2.19. The highest BCUT2D eigenvalue weighted by Gasteiger charge is 2.31. The summed E-state index contributed by atoms with van der Waals surface area (Å²) in [6.45, 7) is 0.125. The molecule has 0 heterocycles. The Morgan fingerprint density at radius 3 is 2.52 bits per heavy atom. The SMILES string of the molecule is CN=C(/C=C(Sc1c(Cl)ccc(CN)c1Cl)\C(C=O)=C\O)C(F)(F)Cl. The van der Waals surface area contributed by atoms with E-state index in [9.17, 15) is 18.7 Å². The van der Waals surface area contributed by atoms with E-state index in [2.05, 4.69) is 4.99 Å². The molecule has 1 rings (SSSR count). The fraction of sp³-hybridized carbons (Fsp3) is 0.200. The first-order valence-electron chi connectivity index (χ1n) is 6.60. The average molecular weight is 430 g/mol. The average Bonchev–Trinajstić information content (AvgIpc) is 2.55. The van der Waals surface area contributed by atoms with Crippen LogP contribution in [0.1, 0.15) is 5.56 Å². The minimum absolute atomic E-state index is 0.0728. The van der Waals surface area contributed by atoms with E-state index < -0.39 is 11.1 Å². The zero-order valence-corrected chi connectivity index (χ0v) is 15.9. The number of aliphatic hydroxyl groups is 1. The van der Waals surface area contributed by atoms with Gasteiger partial charge in [0.05, 0.1) is 21.9 Å². The number of hydrogen-bond acceptors (Lipinski definition) is 5. The number of carbonyl (C=O) groups is 1. The zero-order valence-electron chi connectivity index (χ0n) is 12.8. The van der Waals surface area contributed by atoms with E-state index in [4.69, 9.17) is 40.5 Å². The Morgan fingerprint density at radius 1 is 1.44 bits per heavy atom. The van der Waals surface area contributed by atoms with Crippen LogP contribution in [0.15, 0.2) is 44.8 Å². The minimum atomic E-state index is -3.77. The van der Waals surface area contributed by atoms with Crippen molar-refractivity contribution in [1.82, 2.24) is 0 Å². The first-order chi connectivity index (χ1) is 11.7. The molecule has 0 unspecified atom stereocenters. The molecule has 0 saturated carbocycles. The smallest absolute Gasteiger partial charge is 0.364 e. The number of nitrogens with zero attached hydrogens (tertiary/aromatic N) is 1. The number of aliphatic imine (C=N–C) groups is 1. The van der Waals surface area contributed by atoms with E-state index in [1.807, 2.05) is 0 Å². The van der Waals surface area contributed by atoms with Crippen LogP contribution in [-0.2, 0) is 11.3 Å². The molecule has 0 aromatic heterocycles. The third kappa shape index (κ3) is 5.69. The second kappa shape index (κ2) is 9.54. The zero-order chi connectivity index (χ0) is 19.2. The highest BCUT2D eigenvalue weighted by Crippen LogP contribution is 2.42. The van der Waals surface area contributed by atoms with Crippen molar-refractivity contribution in [3.63, 3.8) is 0 Å². The molecule has 0 spiro atoms. The molecule has 10 heteroatoms. The molecule has 0 aliphatic carbocycles. The lowest BCUT2D eigenvalue weighted by atomic mass is 10.2. The van der Waals surface area contributed by atoms with Gasteiger partial charge in [0, 0.05) is 23.4 Å². The lowest BCUT2D eigenvalue weighted by molar-refractivity contribution is -0.104. The molecule has 1 aromatic carbocycles. The van der Waals surface area contributed by atoms with E-state index >= 15 is 0 Å². The number of allylic oxidation sites excluding steroid dienone is 2. The van der Waals surface area contributed by atoms with Gasteiger partial charge < -0.3 is 10.8 Å². The number of carbonyl (C=O) groups excluding carboxylic acids is 1. The van der Waals surface area contributed by atoms with Crippen molar-refractivity contribution >= 4 is 58.6 Å². The van der Waals surface area contributed by atoms with Gasteiger partial charge in [0.25, 0.3) is 0 Å². The van der Waals surface area contributed by atoms with Crippen LogP contribution >= 0.6 is 46.6 Å². The van der Waals surface area contributed by atoms with Crippen LogP contribution in [0.4, 0.5) is 8.78 Å². The van der Waals surface area contributed by atoms with Gasteiger partial charge in [0.15, 0.2) is 6.29 Å². The van der Waals surface area contributed by atoms with E-state index in [0.717, 1.165) is 24.9 Å². The van der Waals surface area contributed by atoms with Crippen molar-refractivity contribution < 1.29 is 18.7 Å². The summed E-state index contributed by atoms with van der Waals surface area (Å²) in [4.78, 5) is 14.8. The summed E-state index contributed by atoms with van der Waals surface area (Å²) < 4.78 is 26.8. The quantitative estimate of drug-likeness (QED) is 0.122. The summed E-state index contributed by atoms with van der Waals surface area (Å²) in [5.74, 6) is 0. The molecule has 0 aliphatic rings. The number of benzene rings is 1. The van der Waals surface area contributed by atoms with Gasteiger partial charge in [0.1, 0.15) is 5.71 Å². The summed E-state index contributed by atoms with van der Waals surface area (Å²) in [7, 11) is 1.11. The number of alkyl halides is 3. The third-order valence-electron chi connectivity index (χ3n) is 2.91. The molecule has 1 aromatic rings. The standard InChI is InChI=1S/C15H13Cl3F2N2O2S/c1-22-12(15(18,19)20)4-11(9(6-23)7-24)25-14-10(16)3-2-8(5-21)13(14)17/h2-4,6-7,23H,5,21H2,1H3/b9-6+,11-4+,22-12?. The predicted molar refractivity (Wildman–Crippen MR) is 99.2 cm³/mol. The van der Waals surface area contributed by atoms with Crippen LogP contribution in [-0.4, -0.2) is 29.5 Å². The minimum Gasteiger partial charge on any atom is -0.515 e. The van der Waals surface area contributed by atoms with Crippen molar-refractivity contribution in [3.8, 4) is 0 Å². The monoisotopic (exact) mass is 428 g/mol. The van der Waals surface area contributed by atoms with Crippen LogP contribution in [0.5, 0.6) is 0 Å². The normalized spacial score (nSPS) is 14.0. The Bertz CT molecular complexity index is 747. The lowest BCUT2D eigenvalue weighted by Gasteiger charge is -2.14.